The molecule has 1 aromatic heterocycles. The molecule has 0 bridgehead atoms. The van der Waals surface area contributed by atoms with Gasteiger partial charge in [-0.05, 0) is 26.7 Å². The smallest absolute Gasteiger partial charge is 0.240 e. The maximum Gasteiger partial charge on any atom is 0.240 e. The Hall–Kier alpha value is -1.44. The fraction of sp³-hybridized carbons (Fsp3) is 0.800. The number of hydrogen-bond donors (Lipinski definition) is 0. The van der Waals surface area contributed by atoms with Crippen LogP contribution in [0.25, 0.3) is 0 Å². The molecule has 1 aromatic rings. The Labute approximate surface area is 162 Å². The van der Waals surface area contributed by atoms with E-state index in [1.54, 1.807) is 4.68 Å². The van der Waals surface area contributed by atoms with Crippen LogP contribution in [-0.4, -0.2) is 76.5 Å². The Morgan fingerprint density at radius 1 is 1.30 bits per heavy atom. The highest BCUT2D eigenvalue weighted by Crippen LogP contribution is 2.30. The Morgan fingerprint density at radius 2 is 1.96 bits per heavy atom. The van der Waals surface area contributed by atoms with Crippen molar-refractivity contribution in [3.63, 3.8) is 0 Å². The van der Waals surface area contributed by atoms with Crippen molar-refractivity contribution < 1.29 is 14.3 Å². The van der Waals surface area contributed by atoms with E-state index in [1.807, 2.05) is 31.3 Å². The second kappa shape index (κ2) is 7.89. The van der Waals surface area contributed by atoms with Gasteiger partial charge < -0.3 is 14.4 Å². The third-order valence-corrected chi connectivity index (χ3v) is 5.63. The van der Waals surface area contributed by atoms with Crippen molar-refractivity contribution in [2.75, 3.05) is 32.8 Å². The van der Waals surface area contributed by atoms with Crippen LogP contribution in [0.2, 0.25) is 0 Å². The van der Waals surface area contributed by atoms with Gasteiger partial charge in [-0.1, -0.05) is 13.8 Å². The third kappa shape index (κ3) is 4.36. The third-order valence-electron chi connectivity index (χ3n) is 5.63. The lowest BCUT2D eigenvalue weighted by Gasteiger charge is -2.45. The van der Waals surface area contributed by atoms with E-state index in [0.717, 1.165) is 18.7 Å². The van der Waals surface area contributed by atoms with E-state index in [0.29, 0.717) is 19.7 Å². The van der Waals surface area contributed by atoms with Gasteiger partial charge in [0.15, 0.2) is 0 Å². The van der Waals surface area contributed by atoms with Crippen LogP contribution in [0.4, 0.5) is 0 Å². The van der Waals surface area contributed by atoms with E-state index < -0.39 is 5.60 Å². The molecule has 0 spiro atoms. The summed E-state index contributed by atoms with van der Waals surface area (Å²) in [5.41, 5.74) is 0.493. The summed E-state index contributed by atoms with van der Waals surface area (Å²) >= 11 is 0. The van der Waals surface area contributed by atoms with Crippen molar-refractivity contribution in [1.82, 2.24) is 19.6 Å². The van der Waals surface area contributed by atoms with Crippen LogP contribution in [-0.2, 0) is 26.9 Å². The molecular weight excluding hydrogens is 344 g/mol. The number of carbonyl (C=O) groups is 1. The molecular formula is C20H34N4O3. The number of rotatable bonds is 4. The molecule has 2 saturated heterocycles. The predicted octanol–water partition coefficient (Wildman–Crippen LogP) is 1.63. The fourth-order valence-corrected chi connectivity index (χ4v) is 4.42. The van der Waals surface area contributed by atoms with Gasteiger partial charge in [0.2, 0.25) is 5.91 Å². The molecule has 0 aliphatic carbocycles. The van der Waals surface area contributed by atoms with Gasteiger partial charge in [-0.15, -0.1) is 0 Å². The Kier molecular flexibility index (Phi) is 5.93. The molecule has 2 aliphatic rings. The van der Waals surface area contributed by atoms with Crippen LogP contribution in [0.1, 0.15) is 40.2 Å². The Balaban J connectivity index is 1.77. The van der Waals surface area contributed by atoms with Gasteiger partial charge in [0.1, 0.15) is 5.60 Å². The monoisotopic (exact) mass is 378 g/mol. The van der Waals surface area contributed by atoms with E-state index in [9.17, 15) is 4.79 Å². The molecule has 4 unspecified atom stereocenters. The molecule has 7 nitrogen and oxygen atoms in total. The van der Waals surface area contributed by atoms with Crippen LogP contribution in [0.15, 0.2) is 12.4 Å². The van der Waals surface area contributed by atoms with Crippen LogP contribution in [0.5, 0.6) is 0 Å². The molecule has 2 fully saturated rings. The number of ether oxygens (including phenoxy) is 2. The normalized spacial score (nSPS) is 31.3. The number of hydrogen-bond acceptors (Lipinski definition) is 5. The summed E-state index contributed by atoms with van der Waals surface area (Å²) in [4.78, 5) is 17.8. The van der Waals surface area contributed by atoms with Gasteiger partial charge in [0.25, 0.3) is 0 Å². The van der Waals surface area contributed by atoms with Crippen LogP contribution < -0.4 is 0 Å². The zero-order valence-electron chi connectivity index (χ0n) is 17.5. The average Bonchev–Trinajstić information content (AvgIpc) is 3.01. The zero-order valence-corrected chi connectivity index (χ0v) is 17.5. The van der Waals surface area contributed by atoms with Gasteiger partial charge in [-0.2, -0.15) is 5.10 Å². The van der Waals surface area contributed by atoms with Gasteiger partial charge in [-0.25, -0.2) is 0 Å². The van der Waals surface area contributed by atoms with Crippen molar-refractivity contribution in [3.05, 3.63) is 18.0 Å². The lowest BCUT2D eigenvalue weighted by atomic mass is 9.94. The van der Waals surface area contributed by atoms with E-state index >= 15 is 0 Å². The summed E-state index contributed by atoms with van der Waals surface area (Å²) in [5, 5.41) is 4.27. The SMILES string of the molecule is CC1CN(C(C(=O)N2CCOC(C)(c3cnn(C)c3)C2)C(C)C)CC(C)O1. The molecule has 3 heterocycles. The topological polar surface area (TPSA) is 59.8 Å². The maximum atomic E-state index is 13.5. The molecule has 27 heavy (non-hydrogen) atoms. The van der Waals surface area contributed by atoms with E-state index in [1.165, 1.54) is 0 Å². The molecule has 0 saturated carbocycles. The molecule has 4 atom stereocenters. The van der Waals surface area contributed by atoms with E-state index in [2.05, 4.69) is 37.7 Å². The van der Waals surface area contributed by atoms with Gasteiger partial charge >= 0.3 is 0 Å². The Bertz CT molecular complexity index is 651. The van der Waals surface area contributed by atoms with Crippen molar-refractivity contribution in [1.29, 1.82) is 0 Å². The second-order valence-electron chi connectivity index (χ2n) is 8.64. The lowest BCUT2D eigenvalue weighted by Crippen LogP contribution is -2.60. The molecule has 0 N–H and O–H groups in total. The summed E-state index contributed by atoms with van der Waals surface area (Å²) in [6.07, 6.45) is 4.10. The fourth-order valence-electron chi connectivity index (χ4n) is 4.42. The standard InChI is InChI=1S/C20H34N4O3/c1-14(2)18(24-10-15(3)27-16(4)11-24)19(25)23-7-8-26-20(5,13-23)17-9-21-22(6)12-17/h9,12,14-16,18H,7-8,10-11,13H2,1-6H3. The van der Waals surface area contributed by atoms with E-state index in [-0.39, 0.29) is 30.1 Å². The molecule has 1 amide bonds. The second-order valence-corrected chi connectivity index (χ2v) is 8.64. The first-order valence-corrected chi connectivity index (χ1v) is 10.0. The van der Waals surface area contributed by atoms with Crippen molar-refractivity contribution in [2.45, 2.75) is 58.5 Å². The molecule has 152 valence electrons. The first-order chi connectivity index (χ1) is 12.7. The lowest BCUT2D eigenvalue weighted by molar-refractivity contribution is -0.161. The summed E-state index contributed by atoms with van der Waals surface area (Å²) in [7, 11) is 1.90. The summed E-state index contributed by atoms with van der Waals surface area (Å²) in [6.45, 7) is 13.8. The Morgan fingerprint density at radius 3 is 2.52 bits per heavy atom. The van der Waals surface area contributed by atoms with Crippen LogP contribution >= 0.6 is 0 Å². The average molecular weight is 379 g/mol. The minimum atomic E-state index is -0.519. The zero-order chi connectivity index (χ0) is 19.8. The number of aryl methyl sites for hydroxylation is 1. The van der Waals surface area contributed by atoms with Crippen molar-refractivity contribution in [3.8, 4) is 0 Å². The van der Waals surface area contributed by atoms with Crippen molar-refractivity contribution in [2.24, 2.45) is 13.0 Å². The largest absolute Gasteiger partial charge is 0.373 e. The van der Waals surface area contributed by atoms with Crippen LogP contribution in [0, 0.1) is 5.92 Å². The highest BCUT2D eigenvalue weighted by molar-refractivity contribution is 5.82. The van der Waals surface area contributed by atoms with Crippen LogP contribution in [0.3, 0.4) is 0 Å². The quantitative estimate of drug-likeness (QED) is 0.797. The number of amides is 1. The first-order valence-electron chi connectivity index (χ1n) is 10.0. The first kappa shape index (κ1) is 20.3. The number of morpholine rings is 2. The van der Waals surface area contributed by atoms with Gasteiger partial charge in [0.05, 0.1) is 37.6 Å². The number of aromatic nitrogens is 2. The predicted molar refractivity (Wildman–Crippen MR) is 103 cm³/mol. The highest BCUT2D eigenvalue weighted by atomic mass is 16.5. The molecule has 0 aromatic carbocycles. The van der Waals surface area contributed by atoms with Crippen molar-refractivity contribution >= 4 is 5.91 Å². The highest BCUT2D eigenvalue weighted by Gasteiger charge is 2.41. The van der Waals surface area contributed by atoms with Gasteiger partial charge in [0, 0.05) is 38.4 Å². The number of nitrogens with zero attached hydrogens (tertiary/aromatic N) is 4. The minimum Gasteiger partial charge on any atom is -0.373 e. The summed E-state index contributed by atoms with van der Waals surface area (Å²) in [5.74, 6) is 0.437. The van der Waals surface area contributed by atoms with E-state index in [4.69, 9.17) is 9.47 Å². The number of carbonyl (C=O) groups excluding carboxylic acids is 1. The summed E-state index contributed by atoms with van der Waals surface area (Å²) in [6, 6.07) is -0.130. The molecule has 2 aliphatic heterocycles. The van der Waals surface area contributed by atoms with Gasteiger partial charge in [-0.3, -0.25) is 14.4 Å². The molecule has 3 rings (SSSR count). The molecule has 7 heteroatoms. The maximum absolute atomic E-state index is 13.5. The minimum absolute atomic E-state index is 0.130. The molecule has 0 radical (unpaired) electrons. The summed E-state index contributed by atoms with van der Waals surface area (Å²) < 4.78 is 13.7.